The van der Waals surface area contributed by atoms with Crippen LogP contribution in [0.15, 0.2) is 63.8 Å². The molecule has 1 heterocycles. The van der Waals surface area contributed by atoms with Crippen molar-refractivity contribution in [2.45, 2.75) is 90.9 Å². The first kappa shape index (κ1) is 26.1. The van der Waals surface area contributed by atoms with Gasteiger partial charge in [0.25, 0.3) is 0 Å². The molecule has 0 N–H and O–H groups in total. The highest BCUT2D eigenvalue weighted by atomic mass is 19.1. The minimum atomic E-state index is -0.487. The lowest BCUT2D eigenvalue weighted by Crippen LogP contribution is -2.02. The molecule has 3 aromatic carbocycles. The van der Waals surface area contributed by atoms with E-state index in [9.17, 15) is 4.79 Å². The highest BCUT2D eigenvalue weighted by Gasteiger charge is 2.15. The number of fused-ring (bicyclic) bond motifs is 3. The van der Waals surface area contributed by atoms with Crippen LogP contribution in [0.5, 0.6) is 0 Å². The van der Waals surface area contributed by atoms with Gasteiger partial charge in [-0.25, -0.2) is 9.18 Å². The van der Waals surface area contributed by atoms with Crippen LogP contribution in [0.3, 0.4) is 0 Å². The highest BCUT2D eigenvalue weighted by Crippen LogP contribution is 2.30. The Bertz CT molecular complexity index is 1330. The molecule has 0 saturated carbocycles. The monoisotopic (exact) mass is 486 g/mol. The van der Waals surface area contributed by atoms with Gasteiger partial charge in [-0.1, -0.05) is 114 Å². The van der Waals surface area contributed by atoms with E-state index in [4.69, 9.17) is 4.42 Å². The molecule has 0 spiro atoms. The van der Waals surface area contributed by atoms with Gasteiger partial charge in [0.05, 0.1) is 5.39 Å². The van der Waals surface area contributed by atoms with Crippen molar-refractivity contribution in [3.05, 3.63) is 82.0 Å². The van der Waals surface area contributed by atoms with E-state index in [-0.39, 0.29) is 5.58 Å². The van der Waals surface area contributed by atoms with Crippen molar-refractivity contribution in [2.24, 2.45) is 0 Å². The molecule has 0 fully saturated rings. The quantitative estimate of drug-likeness (QED) is 0.107. The van der Waals surface area contributed by atoms with Crippen LogP contribution in [0.2, 0.25) is 0 Å². The summed E-state index contributed by atoms with van der Waals surface area (Å²) in [6, 6.07) is 18.2. The molecule has 4 rings (SSSR count). The maximum Gasteiger partial charge on any atom is 0.344 e. The average Bonchev–Trinajstić information content (AvgIpc) is 2.90. The Labute approximate surface area is 214 Å². The Kier molecular flexibility index (Phi) is 9.33. The van der Waals surface area contributed by atoms with E-state index in [1.54, 1.807) is 0 Å². The second kappa shape index (κ2) is 12.9. The van der Waals surface area contributed by atoms with E-state index >= 15 is 4.39 Å². The van der Waals surface area contributed by atoms with Gasteiger partial charge in [0.1, 0.15) is 0 Å². The van der Waals surface area contributed by atoms with Gasteiger partial charge in [0.2, 0.25) is 0 Å². The second-order valence-electron chi connectivity index (χ2n) is 10.1. The standard InChI is InChI=1S/C33H39FO2/c1-3-5-7-8-9-10-12-13-24-15-17-25(18-16-24)27-20-21-28-29-22-19-26(14-11-6-4-2)31(34)32(29)36-33(35)30(28)23-27/h15-23H,3-14H2,1-2H3. The summed E-state index contributed by atoms with van der Waals surface area (Å²) in [6.45, 7) is 4.38. The minimum absolute atomic E-state index is 0.0731. The molecule has 36 heavy (non-hydrogen) atoms. The Morgan fingerprint density at radius 2 is 1.25 bits per heavy atom. The van der Waals surface area contributed by atoms with Gasteiger partial charge in [-0.2, -0.15) is 0 Å². The third-order valence-corrected chi connectivity index (χ3v) is 7.31. The largest absolute Gasteiger partial charge is 0.419 e. The third-order valence-electron chi connectivity index (χ3n) is 7.31. The Hall–Kier alpha value is -2.94. The van der Waals surface area contributed by atoms with Gasteiger partial charge in [0.15, 0.2) is 11.4 Å². The summed E-state index contributed by atoms with van der Waals surface area (Å²) in [5.41, 5.74) is 3.59. The summed E-state index contributed by atoms with van der Waals surface area (Å²) in [5.74, 6) is -0.400. The first-order valence-corrected chi connectivity index (χ1v) is 13.9. The van der Waals surface area contributed by atoms with Crippen LogP contribution in [0, 0.1) is 5.82 Å². The van der Waals surface area contributed by atoms with Crippen molar-refractivity contribution in [2.75, 3.05) is 0 Å². The van der Waals surface area contributed by atoms with Gasteiger partial charge in [-0.3, -0.25) is 0 Å². The SMILES string of the molecule is CCCCCCCCCc1ccc(-c2ccc3c(c2)c(=O)oc2c(F)c(CCCCC)ccc23)cc1. The number of halogens is 1. The number of rotatable bonds is 13. The maximum atomic E-state index is 15.1. The van der Waals surface area contributed by atoms with Crippen molar-refractivity contribution >= 4 is 21.7 Å². The van der Waals surface area contributed by atoms with E-state index < -0.39 is 11.4 Å². The molecule has 0 aliphatic rings. The van der Waals surface area contributed by atoms with Crippen molar-refractivity contribution < 1.29 is 8.81 Å². The Morgan fingerprint density at radius 1 is 0.639 bits per heavy atom. The molecular weight excluding hydrogens is 447 g/mol. The van der Waals surface area contributed by atoms with E-state index in [1.165, 1.54) is 50.5 Å². The molecule has 3 heteroatoms. The van der Waals surface area contributed by atoms with Crippen LogP contribution in [0.1, 0.15) is 89.2 Å². The zero-order valence-corrected chi connectivity index (χ0v) is 21.9. The number of hydrogen-bond acceptors (Lipinski definition) is 2. The molecule has 0 radical (unpaired) electrons. The van der Waals surface area contributed by atoms with Gasteiger partial charge in [-0.15, -0.1) is 0 Å². The number of benzene rings is 3. The maximum absolute atomic E-state index is 15.1. The van der Waals surface area contributed by atoms with Crippen LogP contribution in [-0.2, 0) is 12.8 Å². The first-order chi connectivity index (χ1) is 17.6. The van der Waals surface area contributed by atoms with Gasteiger partial charge >= 0.3 is 5.63 Å². The molecule has 0 unspecified atom stereocenters. The zero-order valence-electron chi connectivity index (χ0n) is 21.9. The van der Waals surface area contributed by atoms with E-state index in [2.05, 4.69) is 38.1 Å². The zero-order chi connectivity index (χ0) is 25.3. The van der Waals surface area contributed by atoms with Crippen LogP contribution in [-0.4, -0.2) is 0 Å². The fraction of sp³-hybridized carbons (Fsp3) is 0.424. The summed E-state index contributed by atoms with van der Waals surface area (Å²) >= 11 is 0. The minimum Gasteiger partial charge on any atom is -0.419 e. The van der Waals surface area contributed by atoms with Crippen LogP contribution >= 0.6 is 0 Å². The normalized spacial score (nSPS) is 11.5. The first-order valence-electron chi connectivity index (χ1n) is 13.9. The summed E-state index contributed by atoms with van der Waals surface area (Å²) in [6.07, 6.45) is 14.0. The van der Waals surface area contributed by atoms with Gasteiger partial charge in [-0.05, 0) is 54.0 Å². The topological polar surface area (TPSA) is 30.2 Å². The van der Waals surface area contributed by atoms with Gasteiger partial charge < -0.3 is 4.42 Å². The van der Waals surface area contributed by atoms with Crippen molar-refractivity contribution in [3.63, 3.8) is 0 Å². The van der Waals surface area contributed by atoms with E-state index in [0.717, 1.165) is 42.2 Å². The molecule has 0 saturated heterocycles. The molecule has 0 bridgehead atoms. The van der Waals surface area contributed by atoms with Crippen LogP contribution < -0.4 is 5.63 Å². The van der Waals surface area contributed by atoms with E-state index in [1.807, 2.05) is 30.3 Å². The average molecular weight is 487 g/mol. The summed E-state index contributed by atoms with van der Waals surface area (Å²) < 4.78 is 20.7. The lowest BCUT2D eigenvalue weighted by Gasteiger charge is -2.09. The van der Waals surface area contributed by atoms with Crippen molar-refractivity contribution in [3.8, 4) is 11.1 Å². The molecule has 2 nitrogen and oxygen atoms in total. The van der Waals surface area contributed by atoms with E-state index in [0.29, 0.717) is 22.8 Å². The smallest absolute Gasteiger partial charge is 0.344 e. The summed E-state index contributed by atoms with van der Waals surface area (Å²) in [5, 5.41) is 1.88. The lowest BCUT2D eigenvalue weighted by molar-refractivity contribution is 0.522. The van der Waals surface area contributed by atoms with Crippen molar-refractivity contribution in [1.29, 1.82) is 0 Å². The molecule has 0 aliphatic carbocycles. The molecule has 0 aliphatic heterocycles. The summed E-state index contributed by atoms with van der Waals surface area (Å²) in [4.78, 5) is 12.9. The predicted molar refractivity (Wildman–Crippen MR) is 150 cm³/mol. The fourth-order valence-electron chi connectivity index (χ4n) is 5.09. The van der Waals surface area contributed by atoms with Gasteiger partial charge in [0, 0.05) is 10.8 Å². The molecule has 0 amide bonds. The molecule has 4 aromatic rings. The molecular formula is C33H39FO2. The van der Waals surface area contributed by atoms with Crippen molar-refractivity contribution in [1.82, 2.24) is 0 Å². The lowest BCUT2D eigenvalue weighted by atomic mass is 9.97. The number of aryl methyl sites for hydroxylation is 2. The molecule has 0 atom stereocenters. The number of hydrogen-bond donors (Lipinski definition) is 0. The van der Waals surface area contributed by atoms with Crippen LogP contribution in [0.4, 0.5) is 4.39 Å². The van der Waals surface area contributed by atoms with Crippen LogP contribution in [0.25, 0.3) is 32.9 Å². The summed E-state index contributed by atoms with van der Waals surface area (Å²) in [7, 11) is 0. The number of unbranched alkanes of at least 4 members (excludes halogenated alkanes) is 8. The fourth-order valence-corrected chi connectivity index (χ4v) is 5.09. The molecule has 190 valence electrons. The Balaban J connectivity index is 1.49. The third kappa shape index (κ3) is 6.24. The predicted octanol–water partition coefficient (Wildman–Crippen LogP) is 9.78. The second-order valence-corrected chi connectivity index (χ2v) is 10.1. The highest BCUT2D eigenvalue weighted by molar-refractivity contribution is 6.05. The molecule has 1 aromatic heterocycles. The Morgan fingerprint density at radius 3 is 2.00 bits per heavy atom.